The van der Waals surface area contributed by atoms with Crippen molar-refractivity contribution in [2.24, 2.45) is 5.73 Å². The Morgan fingerprint density at radius 2 is 1.86 bits per heavy atom. The summed E-state index contributed by atoms with van der Waals surface area (Å²) in [7, 11) is 0. The molecule has 0 saturated carbocycles. The lowest BCUT2D eigenvalue weighted by Gasteiger charge is -2.13. The van der Waals surface area contributed by atoms with Crippen LogP contribution in [0, 0.1) is 5.82 Å². The Labute approximate surface area is 123 Å². The van der Waals surface area contributed by atoms with Crippen molar-refractivity contribution in [3.8, 4) is 16.9 Å². The summed E-state index contributed by atoms with van der Waals surface area (Å²) in [5.74, 6) is -1.69. The zero-order chi connectivity index (χ0) is 16.3. The lowest BCUT2D eigenvalue weighted by molar-refractivity contribution is -0.274. The number of carbonyl (C=O) groups is 1. The summed E-state index contributed by atoms with van der Waals surface area (Å²) in [5.41, 5.74) is 6.16. The van der Waals surface area contributed by atoms with E-state index in [2.05, 4.69) is 4.74 Å². The molecule has 3 nitrogen and oxygen atoms in total. The Morgan fingerprint density at radius 1 is 1.14 bits per heavy atom. The summed E-state index contributed by atoms with van der Waals surface area (Å²) >= 11 is 0. The Balaban J connectivity index is 2.47. The topological polar surface area (TPSA) is 52.3 Å². The van der Waals surface area contributed by atoms with E-state index >= 15 is 0 Å². The van der Waals surface area contributed by atoms with Crippen molar-refractivity contribution in [2.45, 2.75) is 12.8 Å². The molecule has 0 radical (unpaired) electrons. The standard InChI is InChI=1S/C15H11F4NO2/c16-11-3-1-2-9(6-11)13-5-4-12(22-15(17,18)19)7-10(13)8-14(20)21/h1-7H,8H2,(H2,20,21). The molecule has 0 saturated heterocycles. The van der Waals surface area contributed by atoms with E-state index in [4.69, 9.17) is 5.73 Å². The van der Waals surface area contributed by atoms with Gasteiger partial charge in [0, 0.05) is 0 Å². The van der Waals surface area contributed by atoms with Gasteiger partial charge in [0.1, 0.15) is 11.6 Å². The minimum Gasteiger partial charge on any atom is -0.406 e. The van der Waals surface area contributed by atoms with Gasteiger partial charge in [-0.05, 0) is 41.0 Å². The molecule has 2 aromatic carbocycles. The van der Waals surface area contributed by atoms with Crippen LogP contribution in [0.2, 0.25) is 0 Å². The summed E-state index contributed by atoms with van der Waals surface area (Å²) in [4.78, 5) is 11.1. The number of halogens is 4. The summed E-state index contributed by atoms with van der Waals surface area (Å²) in [6.07, 6.45) is -5.13. The number of amides is 1. The monoisotopic (exact) mass is 313 g/mol. The van der Waals surface area contributed by atoms with E-state index in [-0.39, 0.29) is 12.0 Å². The summed E-state index contributed by atoms with van der Waals surface area (Å²) in [6.45, 7) is 0. The lowest BCUT2D eigenvalue weighted by Crippen LogP contribution is -2.18. The number of alkyl halides is 3. The first-order chi connectivity index (χ1) is 10.2. The molecule has 0 aliphatic heterocycles. The van der Waals surface area contributed by atoms with Crippen LogP contribution in [0.3, 0.4) is 0 Å². The number of hydrogen-bond donors (Lipinski definition) is 1. The molecule has 2 N–H and O–H groups in total. The average molecular weight is 313 g/mol. The zero-order valence-corrected chi connectivity index (χ0v) is 11.2. The number of rotatable bonds is 4. The summed E-state index contributed by atoms with van der Waals surface area (Å²) in [6, 6.07) is 8.97. The highest BCUT2D eigenvalue weighted by Crippen LogP contribution is 2.30. The van der Waals surface area contributed by atoms with Crippen molar-refractivity contribution in [3.05, 3.63) is 53.8 Å². The van der Waals surface area contributed by atoms with Crippen molar-refractivity contribution in [1.82, 2.24) is 0 Å². The SMILES string of the molecule is NC(=O)Cc1cc(OC(F)(F)F)ccc1-c1cccc(F)c1. The van der Waals surface area contributed by atoms with E-state index < -0.39 is 23.8 Å². The van der Waals surface area contributed by atoms with Gasteiger partial charge in [-0.3, -0.25) is 4.79 Å². The largest absolute Gasteiger partial charge is 0.573 e. The van der Waals surface area contributed by atoms with E-state index in [1.165, 1.54) is 24.3 Å². The van der Waals surface area contributed by atoms with Gasteiger partial charge in [0.15, 0.2) is 0 Å². The minimum absolute atomic E-state index is 0.222. The van der Waals surface area contributed by atoms with Crippen LogP contribution in [-0.4, -0.2) is 12.3 Å². The number of ether oxygens (including phenoxy) is 1. The lowest BCUT2D eigenvalue weighted by atomic mass is 9.97. The second kappa shape index (κ2) is 6.05. The Bertz CT molecular complexity index is 698. The minimum atomic E-state index is -4.84. The molecule has 0 atom stereocenters. The molecule has 0 aromatic heterocycles. The predicted octanol–water partition coefficient (Wildman–Crippen LogP) is 3.42. The molecule has 0 bridgehead atoms. The highest BCUT2D eigenvalue weighted by molar-refractivity contribution is 5.81. The second-order valence-corrected chi connectivity index (χ2v) is 4.52. The maximum Gasteiger partial charge on any atom is 0.573 e. The van der Waals surface area contributed by atoms with Crippen molar-refractivity contribution in [2.75, 3.05) is 0 Å². The Hall–Kier alpha value is -2.57. The first kappa shape index (κ1) is 15.8. The number of primary amides is 1. The van der Waals surface area contributed by atoms with Crippen LogP contribution in [0.1, 0.15) is 5.56 Å². The fraction of sp³-hybridized carbons (Fsp3) is 0.133. The molecule has 0 heterocycles. The van der Waals surface area contributed by atoms with Crippen LogP contribution in [0.5, 0.6) is 5.75 Å². The van der Waals surface area contributed by atoms with Gasteiger partial charge in [-0.2, -0.15) is 0 Å². The third kappa shape index (κ3) is 4.21. The maximum absolute atomic E-state index is 13.3. The van der Waals surface area contributed by atoms with Gasteiger partial charge in [0.2, 0.25) is 5.91 Å². The smallest absolute Gasteiger partial charge is 0.406 e. The van der Waals surface area contributed by atoms with Gasteiger partial charge in [-0.25, -0.2) is 4.39 Å². The molecule has 0 aliphatic carbocycles. The van der Waals surface area contributed by atoms with E-state index in [0.717, 1.165) is 12.1 Å². The Kier molecular flexibility index (Phi) is 4.35. The van der Waals surface area contributed by atoms with E-state index in [1.54, 1.807) is 6.07 Å². The van der Waals surface area contributed by atoms with Gasteiger partial charge in [0.25, 0.3) is 0 Å². The van der Waals surface area contributed by atoms with Crippen molar-refractivity contribution < 1.29 is 27.1 Å². The number of carbonyl (C=O) groups excluding carboxylic acids is 1. The average Bonchev–Trinajstić information content (AvgIpc) is 2.36. The molecular formula is C15H11F4NO2. The van der Waals surface area contributed by atoms with Gasteiger partial charge in [0.05, 0.1) is 6.42 Å². The van der Waals surface area contributed by atoms with Crippen LogP contribution in [0.4, 0.5) is 17.6 Å². The molecule has 0 aliphatic rings. The van der Waals surface area contributed by atoms with Crippen LogP contribution in [0.25, 0.3) is 11.1 Å². The summed E-state index contributed by atoms with van der Waals surface area (Å²) in [5, 5.41) is 0. The van der Waals surface area contributed by atoms with Crippen molar-refractivity contribution in [3.63, 3.8) is 0 Å². The van der Waals surface area contributed by atoms with Crippen LogP contribution >= 0.6 is 0 Å². The predicted molar refractivity (Wildman–Crippen MR) is 71.4 cm³/mol. The third-order valence-electron chi connectivity index (χ3n) is 2.81. The number of nitrogens with two attached hydrogens (primary N) is 1. The van der Waals surface area contributed by atoms with Gasteiger partial charge in [-0.15, -0.1) is 13.2 Å². The molecular weight excluding hydrogens is 302 g/mol. The maximum atomic E-state index is 13.3. The van der Waals surface area contributed by atoms with Crippen molar-refractivity contribution >= 4 is 5.91 Å². The molecule has 0 spiro atoms. The molecule has 116 valence electrons. The molecule has 0 fully saturated rings. The van der Waals surface area contributed by atoms with E-state index in [1.807, 2.05) is 0 Å². The highest BCUT2D eigenvalue weighted by atomic mass is 19.4. The van der Waals surface area contributed by atoms with Crippen LogP contribution in [-0.2, 0) is 11.2 Å². The second-order valence-electron chi connectivity index (χ2n) is 4.52. The normalized spacial score (nSPS) is 11.3. The van der Waals surface area contributed by atoms with Gasteiger partial charge >= 0.3 is 6.36 Å². The van der Waals surface area contributed by atoms with Gasteiger partial charge < -0.3 is 10.5 Å². The molecule has 2 rings (SSSR count). The van der Waals surface area contributed by atoms with E-state index in [0.29, 0.717) is 11.1 Å². The first-order valence-corrected chi connectivity index (χ1v) is 6.17. The van der Waals surface area contributed by atoms with Crippen molar-refractivity contribution in [1.29, 1.82) is 0 Å². The van der Waals surface area contributed by atoms with Crippen LogP contribution < -0.4 is 10.5 Å². The zero-order valence-electron chi connectivity index (χ0n) is 11.2. The molecule has 7 heteroatoms. The fourth-order valence-corrected chi connectivity index (χ4v) is 2.04. The quantitative estimate of drug-likeness (QED) is 0.879. The first-order valence-electron chi connectivity index (χ1n) is 6.17. The molecule has 2 aromatic rings. The summed E-state index contributed by atoms with van der Waals surface area (Å²) < 4.78 is 53.8. The molecule has 0 unspecified atom stereocenters. The number of benzene rings is 2. The number of hydrogen-bond acceptors (Lipinski definition) is 2. The van der Waals surface area contributed by atoms with Crippen LogP contribution in [0.15, 0.2) is 42.5 Å². The van der Waals surface area contributed by atoms with E-state index in [9.17, 15) is 22.4 Å². The third-order valence-corrected chi connectivity index (χ3v) is 2.81. The Morgan fingerprint density at radius 3 is 2.45 bits per heavy atom. The highest BCUT2D eigenvalue weighted by Gasteiger charge is 2.31. The fourth-order valence-electron chi connectivity index (χ4n) is 2.04. The van der Waals surface area contributed by atoms with Gasteiger partial charge in [-0.1, -0.05) is 18.2 Å². The molecule has 1 amide bonds. The molecule has 22 heavy (non-hydrogen) atoms.